The molecule has 1 rings (SSSR count). The number of aliphatic carboxylic acids is 1. The van der Waals surface area contributed by atoms with Gasteiger partial charge in [-0.15, -0.1) is 0 Å². The summed E-state index contributed by atoms with van der Waals surface area (Å²) < 4.78 is 4.83. The van der Waals surface area contributed by atoms with Crippen LogP contribution in [0.3, 0.4) is 0 Å². The molecule has 1 aliphatic rings. The fourth-order valence-corrected chi connectivity index (χ4v) is 1.41. The van der Waals surface area contributed by atoms with Crippen molar-refractivity contribution in [1.82, 2.24) is 5.32 Å². The van der Waals surface area contributed by atoms with Gasteiger partial charge in [-0.3, -0.25) is 0 Å². The third-order valence-electron chi connectivity index (χ3n) is 1.96. The number of rotatable bonds is 3. The number of hydrogen-bond acceptors (Lipinski definition) is 3. The molecule has 0 amide bonds. The molecule has 4 heteroatoms. The lowest BCUT2D eigenvalue weighted by Gasteiger charge is -2.17. The van der Waals surface area contributed by atoms with Crippen molar-refractivity contribution < 1.29 is 14.6 Å². The summed E-state index contributed by atoms with van der Waals surface area (Å²) in [5, 5.41) is 11.8. The first-order valence-electron chi connectivity index (χ1n) is 3.74. The molecule has 1 fully saturated rings. The summed E-state index contributed by atoms with van der Waals surface area (Å²) in [6, 6.07) is -0.00231. The normalized spacial score (nSPS) is 26.8. The maximum absolute atomic E-state index is 10.6. The highest BCUT2D eigenvalue weighted by Gasteiger charge is 2.29. The van der Waals surface area contributed by atoms with E-state index in [2.05, 4.69) is 5.32 Å². The largest absolute Gasteiger partial charge is 0.479 e. The average Bonchev–Trinajstić information content (AvgIpc) is 2.40. The molecule has 0 saturated carbocycles. The minimum Gasteiger partial charge on any atom is -0.479 e. The third kappa shape index (κ3) is 1.91. The van der Waals surface area contributed by atoms with Crippen LogP contribution in [0.15, 0.2) is 0 Å². The van der Waals surface area contributed by atoms with Gasteiger partial charge < -0.3 is 15.2 Å². The van der Waals surface area contributed by atoms with E-state index in [0.29, 0.717) is 0 Å². The lowest BCUT2D eigenvalue weighted by atomic mass is 10.1. The van der Waals surface area contributed by atoms with E-state index in [1.807, 2.05) is 0 Å². The molecule has 64 valence electrons. The highest BCUT2D eigenvalue weighted by Crippen LogP contribution is 2.11. The molecule has 0 aromatic carbocycles. The zero-order chi connectivity index (χ0) is 8.27. The van der Waals surface area contributed by atoms with Crippen LogP contribution < -0.4 is 5.32 Å². The average molecular weight is 159 g/mol. The molecule has 0 aromatic rings. The van der Waals surface area contributed by atoms with Crippen molar-refractivity contribution >= 4 is 5.97 Å². The van der Waals surface area contributed by atoms with E-state index in [-0.39, 0.29) is 6.04 Å². The Bertz CT molecular complexity index is 143. The molecule has 1 heterocycles. The Kier molecular flexibility index (Phi) is 2.84. The van der Waals surface area contributed by atoms with Gasteiger partial charge >= 0.3 is 5.97 Å². The third-order valence-corrected chi connectivity index (χ3v) is 1.96. The number of ether oxygens (including phenoxy) is 1. The number of carbonyl (C=O) groups is 1. The van der Waals surface area contributed by atoms with Crippen molar-refractivity contribution in [3.8, 4) is 0 Å². The molecular formula is C7H13NO3. The van der Waals surface area contributed by atoms with Crippen molar-refractivity contribution in [3.05, 3.63) is 0 Å². The first kappa shape index (κ1) is 8.49. The monoisotopic (exact) mass is 159 g/mol. The van der Waals surface area contributed by atoms with Crippen LogP contribution in [-0.2, 0) is 9.53 Å². The zero-order valence-electron chi connectivity index (χ0n) is 6.54. The Morgan fingerprint density at radius 3 is 2.91 bits per heavy atom. The summed E-state index contributed by atoms with van der Waals surface area (Å²) in [5.41, 5.74) is 0. The van der Waals surface area contributed by atoms with E-state index in [0.717, 1.165) is 19.4 Å². The molecule has 0 aromatic heterocycles. The second-order valence-electron chi connectivity index (χ2n) is 2.70. The first-order chi connectivity index (χ1) is 5.25. The Morgan fingerprint density at radius 2 is 2.55 bits per heavy atom. The Hall–Kier alpha value is -0.610. The quantitative estimate of drug-likeness (QED) is 0.600. The maximum Gasteiger partial charge on any atom is 0.334 e. The number of hydrogen-bond donors (Lipinski definition) is 2. The highest BCUT2D eigenvalue weighted by atomic mass is 16.5. The van der Waals surface area contributed by atoms with Gasteiger partial charge in [0.15, 0.2) is 6.10 Å². The number of methoxy groups -OCH3 is 1. The minimum atomic E-state index is -0.882. The maximum atomic E-state index is 10.6. The SMILES string of the molecule is CO[C@H](C(=O)O)[C@@H]1CCCN1. The molecule has 4 nitrogen and oxygen atoms in total. The van der Waals surface area contributed by atoms with Crippen LogP contribution in [0.25, 0.3) is 0 Å². The summed E-state index contributed by atoms with van der Waals surface area (Å²) in [4.78, 5) is 10.6. The standard InChI is InChI=1S/C7H13NO3/c1-11-6(7(9)10)5-3-2-4-8-5/h5-6,8H,2-4H2,1H3,(H,9,10)/t5-,6-/m0/s1. The van der Waals surface area contributed by atoms with E-state index in [9.17, 15) is 4.79 Å². The van der Waals surface area contributed by atoms with Gasteiger partial charge in [0, 0.05) is 13.2 Å². The molecule has 1 saturated heterocycles. The minimum absolute atomic E-state index is 0.00231. The number of carboxylic acid groups (broad SMARTS) is 1. The van der Waals surface area contributed by atoms with Gasteiger partial charge in [0.2, 0.25) is 0 Å². The van der Waals surface area contributed by atoms with Gasteiger partial charge in [-0.25, -0.2) is 4.79 Å². The molecule has 0 bridgehead atoms. The van der Waals surface area contributed by atoms with Crippen molar-refractivity contribution in [2.45, 2.75) is 25.0 Å². The summed E-state index contributed by atoms with van der Waals surface area (Å²) in [5.74, 6) is -0.882. The van der Waals surface area contributed by atoms with Crippen LogP contribution >= 0.6 is 0 Å². The summed E-state index contributed by atoms with van der Waals surface area (Å²) >= 11 is 0. The van der Waals surface area contributed by atoms with Crippen molar-refractivity contribution in [3.63, 3.8) is 0 Å². The van der Waals surface area contributed by atoms with Crippen molar-refractivity contribution in [2.75, 3.05) is 13.7 Å². The van der Waals surface area contributed by atoms with E-state index < -0.39 is 12.1 Å². The fourth-order valence-electron chi connectivity index (χ4n) is 1.41. The Morgan fingerprint density at radius 1 is 1.82 bits per heavy atom. The lowest BCUT2D eigenvalue weighted by molar-refractivity contribution is -0.150. The molecule has 0 radical (unpaired) electrons. The van der Waals surface area contributed by atoms with Crippen LogP contribution in [-0.4, -0.2) is 36.9 Å². The van der Waals surface area contributed by atoms with Gasteiger partial charge in [0.05, 0.1) is 0 Å². The Balaban J connectivity index is 2.46. The van der Waals surface area contributed by atoms with Gasteiger partial charge in [0.1, 0.15) is 0 Å². The molecular weight excluding hydrogens is 146 g/mol. The summed E-state index contributed by atoms with van der Waals surface area (Å²) in [6.07, 6.45) is 1.25. The van der Waals surface area contributed by atoms with Crippen molar-refractivity contribution in [1.29, 1.82) is 0 Å². The zero-order valence-corrected chi connectivity index (χ0v) is 6.54. The second kappa shape index (κ2) is 3.69. The molecule has 11 heavy (non-hydrogen) atoms. The fraction of sp³-hybridized carbons (Fsp3) is 0.857. The van der Waals surface area contributed by atoms with Gasteiger partial charge in [-0.1, -0.05) is 0 Å². The van der Waals surface area contributed by atoms with Crippen LogP contribution in [0, 0.1) is 0 Å². The van der Waals surface area contributed by atoms with E-state index in [4.69, 9.17) is 9.84 Å². The topological polar surface area (TPSA) is 58.6 Å². The van der Waals surface area contributed by atoms with Gasteiger partial charge in [-0.2, -0.15) is 0 Å². The van der Waals surface area contributed by atoms with Crippen molar-refractivity contribution in [2.24, 2.45) is 0 Å². The van der Waals surface area contributed by atoms with Crippen LogP contribution in [0.1, 0.15) is 12.8 Å². The molecule has 0 spiro atoms. The predicted molar refractivity (Wildman–Crippen MR) is 39.5 cm³/mol. The predicted octanol–water partition coefficient (Wildman–Crippen LogP) is -0.162. The molecule has 0 aliphatic carbocycles. The smallest absolute Gasteiger partial charge is 0.334 e. The van der Waals surface area contributed by atoms with E-state index >= 15 is 0 Å². The molecule has 1 aliphatic heterocycles. The molecule has 2 atom stereocenters. The lowest BCUT2D eigenvalue weighted by Crippen LogP contribution is -2.41. The Labute approximate surface area is 65.5 Å². The van der Waals surface area contributed by atoms with Gasteiger partial charge in [-0.05, 0) is 19.4 Å². The summed E-state index contributed by atoms with van der Waals surface area (Å²) in [7, 11) is 1.43. The van der Waals surface area contributed by atoms with Crippen LogP contribution in [0.5, 0.6) is 0 Å². The first-order valence-corrected chi connectivity index (χ1v) is 3.74. The molecule has 2 N–H and O–H groups in total. The highest BCUT2D eigenvalue weighted by molar-refractivity contribution is 5.73. The van der Waals surface area contributed by atoms with Gasteiger partial charge in [0.25, 0.3) is 0 Å². The summed E-state index contributed by atoms with van der Waals surface area (Å²) in [6.45, 7) is 0.901. The van der Waals surface area contributed by atoms with E-state index in [1.165, 1.54) is 7.11 Å². The van der Waals surface area contributed by atoms with Crippen LogP contribution in [0.2, 0.25) is 0 Å². The second-order valence-corrected chi connectivity index (χ2v) is 2.70. The van der Waals surface area contributed by atoms with E-state index in [1.54, 1.807) is 0 Å². The number of carboxylic acids is 1. The molecule has 0 unspecified atom stereocenters. The number of nitrogens with one attached hydrogen (secondary N) is 1. The van der Waals surface area contributed by atoms with Crippen LogP contribution in [0.4, 0.5) is 0 Å².